The largest absolute Gasteiger partial charge is 0.496 e. The van der Waals surface area contributed by atoms with Crippen molar-refractivity contribution in [2.45, 2.75) is 17.9 Å². The van der Waals surface area contributed by atoms with Crippen molar-refractivity contribution in [2.75, 3.05) is 32.5 Å². The van der Waals surface area contributed by atoms with E-state index in [-0.39, 0.29) is 4.90 Å². The van der Waals surface area contributed by atoms with Crippen molar-refractivity contribution >= 4 is 54.9 Å². The molecule has 0 unspecified atom stereocenters. The van der Waals surface area contributed by atoms with Crippen LogP contribution in [0.25, 0.3) is 0 Å². The first-order valence-electron chi connectivity index (χ1n) is 8.04. The van der Waals surface area contributed by atoms with E-state index in [2.05, 4.69) is 9.62 Å². The predicted molar refractivity (Wildman–Crippen MR) is 112 cm³/mol. The molecule has 7 nitrogen and oxygen atoms in total. The van der Waals surface area contributed by atoms with Crippen molar-refractivity contribution < 1.29 is 22.7 Å². The molecule has 0 aliphatic carbocycles. The molecule has 0 saturated heterocycles. The molecule has 0 fully saturated rings. The van der Waals surface area contributed by atoms with Gasteiger partial charge >= 0.3 is 5.97 Å². The second-order valence-corrected chi connectivity index (χ2v) is 10.0. The number of methoxy groups -OCH3 is 2. The Kier molecular flexibility index (Phi) is 5.99. The normalized spacial score (nSPS) is 14.5. The molecule has 0 radical (unpaired) electrons. The molecule has 27 heavy (non-hydrogen) atoms. The van der Waals surface area contributed by atoms with Gasteiger partial charge in [0.05, 0.1) is 28.2 Å². The van der Waals surface area contributed by atoms with E-state index >= 15 is 0 Å². The Bertz CT molecular complexity index is 987. The van der Waals surface area contributed by atoms with Gasteiger partial charge < -0.3 is 14.4 Å². The van der Waals surface area contributed by atoms with E-state index in [0.717, 1.165) is 17.0 Å². The average Bonchev–Trinajstić information content (AvgIpc) is 2.96. The third-order valence-electron chi connectivity index (χ3n) is 4.30. The van der Waals surface area contributed by atoms with Gasteiger partial charge in [0.15, 0.2) is 0 Å². The quantitative estimate of drug-likeness (QED) is 0.481. The molecule has 0 bridgehead atoms. The maximum Gasteiger partial charge on any atom is 0.341 e. The number of nitrogens with one attached hydrogen (secondary N) is 1. The van der Waals surface area contributed by atoms with E-state index < -0.39 is 16.0 Å². The number of likely N-dealkylation sites (N-methyl/N-ethyl adjacent to an activating group) is 1. The predicted octanol–water partition coefficient (Wildman–Crippen LogP) is 2.94. The van der Waals surface area contributed by atoms with Gasteiger partial charge in [0.2, 0.25) is 0 Å². The summed E-state index contributed by atoms with van der Waals surface area (Å²) in [6.45, 7) is 1.47. The third-order valence-corrected chi connectivity index (χ3v) is 7.75. The molecular formula is C17H19IN2O5S2. The fourth-order valence-electron chi connectivity index (χ4n) is 2.92. The van der Waals surface area contributed by atoms with Crippen LogP contribution in [0.1, 0.15) is 20.8 Å². The van der Waals surface area contributed by atoms with Crippen LogP contribution in [0.4, 0.5) is 5.00 Å². The molecule has 0 saturated carbocycles. The minimum Gasteiger partial charge on any atom is -0.496 e. The standard InChI is InChI=1S/C17H19IN2O5S2/c1-20-7-6-11-14(9-20)26-16(15(11)17(21)25-3)19-27(22,23)10-4-5-13(24-2)12(18)8-10/h4-5,8,19H,6-7,9H2,1-3H3. The van der Waals surface area contributed by atoms with Gasteiger partial charge in [-0.15, -0.1) is 11.3 Å². The number of nitrogens with zero attached hydrogens (tertiary/aromatic N) is 1. The van der Waals surface area contributed by atoms with Gasteiger partial charge in [-0.25, -0.2) is 13.2 Å². The molecule has 1 N–H and O–H groups in total. The minimum atomic E-state index is -3.86. The molecule has 0 spiro atoms. The van der Waals surface area contributed by atoms with Crippen molar-refractivity contribution in [3.05, 3.63) is 37.8 Å². The van der Waals surface area contributed by atoms with Gasteiger partial charge in [0.25, 0.3) is 10.0 Å². The molecule has 146 valence electrons. The van der Waals surface area contributed by atoms with Crippen LogP contribution in [0, 0.1) is 3.57 Å². The van der Waals surface area contributed by atoms with Crippen LogP contribution in [0.3, 0.4) is 0 Å². The topological polar surface area (TPSA) is 84.9 Å². The zero-order valence-electron chi connectivity index (χ0n) is 15.0. The van der Waals surface area contributed by atoms with E-state index in [1.807, 2.05) is 29.6 Å². The Morgan fingerprint density at radius 3 is 2.70 bits per heavy atom. The number of carbonyl (C=O) groups excluding carboxylic acids is 1. The first-order valence-corrected chi connectivity index (χ1v) is 11.4. The molecular weight excluding hydrogens is 503 g/mol. The molecule has 1 aromatic carbocycles. The van der Waals surface area contributed by atoms with E-state index in [9.17, 15) is 13.2 Å². The summed E-state index contributed by atoms with van der Waals surface area (Å²) in [4.78, 5) is 15.5. The Morgan fingerprint density at radius 2 is 2.07 bits per heavy atom. The molecule has 2 heterocycles. The summed E-state index contributed by atoms with van der Waals surface area (Å²) < 4.78 is 39.1. The van der Waals surface area contributed by atoms with Crippen molar-refractivity contribution in [3.63, 3.8) is 0 Å². The van der Waals surface area contributed by atoms with Crippen LogP contribution in [0.5, 0.6) is 5.75 Å². The molecule has 1 aliphatic heterocycles. The van der Waals surface area contributed by atoms with Gasteiger partial charge in [-0.3, -0.25) is 4.72 Å². The summed E-state index contributed by atoms with van der Waals surface area (Å²) in [5.41, 5.74) is 1.18. The number of hydrogen-bond donors (Lipinski definition) is 1. The smallest absolute Gasteiger partial charge is 0.341 e. The van der Waals surface area contributed by atoms with Crippen LogP contribution in [0.15, 0.2) is 23.1 Å². The maximum absolute atomic E-state index is 12.9. The van der Waals surface area contributed by atoms with Gasteiger partial charge in [0.1, 0.15) is 10.8 Å². The number of thiophene rings is 1. The van der Waals surface area contributed by atoms with E-state index in [4.69, 9.17) is 9.47 Å². The first-order chi connectivity index (χ1) is 12.8. The summed E-state index contributed by atoms with van der Waals surface area (Å²) in [6, 6.07) is 4.61. The Hall–Kier alpha value is -1.37. The summed E-state index contributed by atoms with van der Waals surface area (Å²) in [5.74, 6) is 0.0680. The summed E-state index contributed by atoms with van der Waals surface area (Å²) in [6.07, 6.45) is 0.676. The molecule has 10 heteroatoms. The molecule has 1 aromatic heterocycles. The fourth-order valence-corrected chi connectivity index (χ4v) is 6.51. The highest BCUT2D eigenvalue weighted by molar-refractivity contribution is 14.1. The fraction of sp³-hybridized carbons (Fsp3) is 0.353. The lowest BCUT2D eigenvalue weighted by atomic mass is 10.0. The number of hydrogen-bond acceptors (Lipinski definition) is 7. The van der Waals surface area contributed by atoms with E-state index in [1.165, 1.54) is 37.7 Å². The number of sulfonamides is 1. The second kappa shape index (κ2) is 7.94. The van der Waals surface area contributed by atoms with Crippen molar-refractivity contribution in [2.24, 2.45) is 0 Å². The average molecular weight is 522 g/mol. The monoisotopic (exact) mass is 522 g/mol. The second-order valence-electron chi connectivity index (χ2n) is 6.09. The number of esters is 1. The van der Waals surface area contributed by atoms with Gasteiger partial charge in [-0.2, -0.15) is 0 Å². The molecule has 1 aliphatic rings. The first kappa shape index (κ1) is 20.4. The zero-order valence-corrected chi connectivity index (χ0v) is 18.8. The number of benzene rings is 1. The van der Waals surface area contributed by atoms with E-state index in [1.54, 1.807) is 6.07 Å². The third kappa shape index (κ3) is 4.08. The lowest BCUT2D eigenvalue weighted by Gasteiger charge is -2.22. The van der Waals surface area contributed by atoms with Crippen molar-refractivity contribution in [1.82, 2.24) is 4.90 Å². The highest BCUT2D eigenvalue weighted by Gasteiger charge is 2.30. The number of fused-ring (bicyclic) bond motifs is 1. The summed E-state index contributed by atoms with van der Waals surface area (Å²) in [5, 5.41) is 0.299. The molecule has 3 rings (SSSR count). The van der Waals surface area contributed by atoms with Crippen LogP contribution < -0.4 is 9.46 Å². The number of anilines is 1. The van der Waals surface area contributed by atoms with Crippen LogP contribution in [0.2, 0.25) is 0 Å². The highest BCUT2D eigenvalue weighted by atomic mass is 127. The molecule has 2 aromatic rings. The number of carbonyl (C=O) groups is 1. The molecule has 0 amide bonds. The van der Waals surface area contributed by atoms with Gasteiger partial charge in [0, 0.05) is 18.0 Å². The molecule has 0 atom stereocenters. The highest BCUT2D eigenvalue weighted by Crippen LogP contribution is 2.38. The van der Waals surface area contributed by atoms with Crippen LogP contribution in [-0.2, 0) is 27.7 Å². The van der Waals surface area contributed by atoms with Crippen LogP contribution in [-0.4, -0.2) is 47.1 Å². The Morgan fingerprint density at radius 1 is 1.33 bits per heavy atom. The van der Waals surface area contributed by atoms with Crippen molar-refractivity contribution in [3.8, 4) is 5.75 Å². The van der Waals surface area contributed by atoms with Crippen molar-refractivity contribution in [1.29, 1.82) is 0 Å². The summed E-state index contributed by atoms with van der Waals surface area (Å²) >= 11 is 3.30. The minimum absolute atomic E-state index is 0.104. The van der Waals surface area contributed by atoms with Gasteiger partial charge in [-0.1, -0.05) is 0 Å². The van der Waals surface area contributed by atoms with Gasteiger partial charge in [-0.05, 0) is 59.8 Å². The number of halogens is 1. The lowest BCUT2D eigenvalue weighted by molar-refractivity contribution is 0.0600. The summed E-state index contributed by atoms with van der Waals surface area (Å²) in [7, 11) is 0.955. The number of rotatable bonds is 5. The number of ether oxygens (including phenoxy) is 2. The van der Waals surface area contributed by atoms with Crippen LogP contribution >= 0.6 is 33.9 Å². The maximum atomic E-state index is 12.9. The Labute approximate surface area is 175 Å². The van der Waals surface area contributed by atoms with E-state index in [0.29, 0.717) is 32.8 Å². The Balaban J connectivity index is 2.01. The SMILES string of the molecule is COC(=O)c1c(NS(=O)(=O)c2ccc(OC)c(I)c2)sc2c1CCN(C)C2. The lowest BCUT2D eigenvalue weighted by Crippen LogP contribution is -2.26. The zero-order chi connectivity index (χ0) is 19.8.